The molecule has 1 aliphatic carbocycles. The second-order valence-corrected chi connectivity index (χ2v) is 5.15. The minimum absolute atomic E-state index is 0.0601. The Kier molecular flexibility index (Phi) is 4.02. The molecule has 17 heavy (non-hydrogen) atoms. The van der Waals surface area contributed by atoms with Gasteiger partial charge in [-0.3, -0.25) is 9.59 Å². The van der Waals surface area contributed by atoms with E-state index in [1.54, 1.807) is 0 Å². The summed E-state index contributed by atoms with van der Waals surface area (Å²) in [6.07, 6.45) is 6.76. The predicted molar refractivity (Wildman–Crippen MR) is 65.4 cm³/mol. The summed E-state index contributed by atoms with van der Waals surface area (Å²) in [5.41, 5.74) is 0. The van der Waals surface area contributed by atoms with Gasteiger partial charge in [0.2, 0.25) is 11.8 Å². The van der Waals surface area contributed by atoms with E-state index in [-0.39, 0.29) is 24.4 Å². The lowest BCUT2D eigenvalue weighted by atomic mass is 9.82. The molecule has 1 unspecified atom stereocenters. The zero-order chi connectivity index (χ0) is 12.3. The van der Waals surface area contributed by atoms with Crippen molar-refractivity contribution in [2.24, 2.45) is 5.92 Å². The third kappa shape index (κ3) is 2.61. The molecule has 0 aromatic carbocycles. The van der Waals surface area contributed by atoms with E-state index in [1.807, 2.05) is 4.90 Å². The van der Waals surface area contributed by atoms with E-state index in [4.69, 9.17) is 0 Å². The van der Waals surface area contributed by atoms with Gasteiger partial charge in [-0.05, 0) is 25.2 Å². The van der Waals surface area contributed by atoms with Crippen LogP contribution in [0.25, 0.3) is 0 Å². The lowest BCUT2D eigenvalue weighted by Gasteiger charge is -2.40. The number of nitrogens with one attached hydrogen (secondary N) is 1. The Bertz CT molecular complexity index is 298. The molecule has 96 valence electrons. The van der Waals surface area contributed by atoms with Crippen molar-refractivity contribution < 1.29 is 9.59 Å². The Labute approximate surface area is 103 Å². The van der Waals surface area contributed by atoms with Crippen molar-refractivity contribution in [2.45, 2.75) is 51.5 Å². The fourth-order valence-electron chi connectivity index (χ4n) is 3.09. The summed E-state index contributed by atoms with van der Waals surface area (Å²) in [5, 5.41) is 2.74. The minimum Gasteiger partial charge on any atom is -0.345 e. The van der Waals surface area contributed by atoms with Crippen LogP contribution in [0.2, 0.25) is 0 Å². The van der Waals surface area contributed by atoms with E-state index < -0.39 is 0 Å². The van der Waals surface area contributed by atoms with Crippen LogP contribution in [0.4, 0.5) is 0 Å². The topological polar surface area (TPSA) is 49.4 Å². The molecule has 2 aliphatic rings. The number of amides is 2. The van der Waals surface area contributed by atoms with Gasteiger partial charge in [0.05, 0.1) is 6.54 Å². The van der Waals surface area contributed by atoms with E-state index in [2.05, 4.69) is 12.2 Å². The van der Waals surface area contributed by atoms with Gasteiger partial charge in [-0.1, -0.05) is 26.2 Å². The molecule has 0 aromatic rings. The Morgan fingerprint density at radius 1 is 1.24 bits per heavy atom. The van der Waals surface area contributed by atoms with Crippen molar-refractivity contribution in [2.75, 3.05) is 13.1 Å². The molecular formula is C13H22N2O2. The lowest BCUT2D eigenvalue weighted by Crippen LogP contribution is -2.61. The standard InChI is InChI=1S/C13H22N2O2/c1-2-8-15-11(16)9-14-13(17)12(15)10-6-4-3-5-7-10/h10,12H,2-9H2,1H3,(H,14,17). The fraction of sp³-hybridized carbons (Fsp3) is 0.846. The highest BCUT2D eigenvalue weighted by Crippen LogP contribution is 2.30. The van der Waals surface area contributed by atoms with Crippen LogP contribution >= 0.6 is 0 Å². The zero-order valence-corrected chi connectivity index (χ0v) is 10.6. The Balaban J connectivity index is 2.12. The molecule has 2 fully saturated rings. The maximum atomic E-state index is 12.0. The van der Waals surface area contributed by atoms with Crippen molar-refractivity contribution >= 4 is 11.8 Å². The van der Waals surface area contributed by atoms with Crippen molar-refractivity contribution in [3.63, 3.8) is 0 Å². The first kappa shape index (κ1) is 12.4. The largest absolute Gasteiger partial charge is 0.345 e. The zero-order valence-electron chi connectivity index (χ0n) is 10.6. The Hall–Kier alpha value is -1.06. The van der Waals surface area contributed by atoms with Crippen LogP contribution in [0.5, 0.6) is 0 Å². The average Bonchev–Trinajstić information content (AvgIpc) is 2.35. The smallest absolute Gasteiger partial charge is 0.243 e. The first-order valence-electron chi connectivity index (χ1n) is 6.81. The van der Waals surface area contributed by atoms with Crippen LogP contribution in [0, 0.1) is 5.92 Å². The van der Waals surface area contributed by atoms with E-state index in [9.17, 15) is 9.59 Å². The Morgan fingerprint density at radius 3 is 2.59 bits per heavy atom. The number of piperazine rings is 1. The van der Waals surface area contributed by atoms with Crippen molar-refractivity contribution in [3.05, 3.63) is 0 Å². The molecule has 0 radical (unpaired) electrons. The van der Waals surface area contributed by atoms with Gasteiger partial charge in [-0.15, -0.1) is 0 Å². The molecular weight excluding hydrogens is 216 g/mol. The predicted octanol–water partition coefficient (Wildman–Crippen LogP) is 1.30. The maximum absolute atomic E-state index is 12.0. The van der Waals surface area contributed by atoms with Crippen molar-refractivity contribution in [1.29, 1.82) is 0 Å². The highest BCUT2D eigenvalue weighted by atomic mass is 16.2. The van der Waals surface area contributed by atoms with Gasteiger partial charge < -0.3 is 10.2 Å². The number of rotatable bonds is 3. The molecule has 0 aromatic heterocycles. The quantitative estimate of drug-likeness (QED) is 0.805. The molecule has 0 spiro atoms. The van der Waals surface area contributed by atoms with Gasteiger partial charge >= 0.3 is 0 Å². The van der Waals surface area contributed by atoms with Gasteiger partial charge in [0.25, 0.3) is 0 Å². The summed E-state index contributed by atoms with van der Waals surface area (Å²) in [7, 11) is 0. The number of carbonyl (C=O) groups excluding carboxylic acids is 2. The maximum Gasteiger partial charge on any atom is 0.243 e. The van der Waals surface area contributed by atoms with Crippen LogP contribution in [-0.2, 0) is 9.59 Å². The van der Waals surface area contributed by atoms with E-state index in [1.165, 1.54) is 19.3 Å². The van der Waals surface area contributed by atoms with Crippen LogP contribution < -0.4 is 5.32 Å². The highest BCUT2D eigenvalue weighted by molar-refractivity contribution is 5.95. The number of nitrogens with zero attached hydrogens (tertiary/aromatic N) is 1. The molecule has 1 saturated heterocycles. The van der Waals surface area contributed by atoms with Gasteiger partial charge in [-0.25, -0.2) is 0 Å². The molecule has 1 N–H and O–H groups in total. The van der Waals surface area contributed by atoms with Crippen LogP contribution in [0.3, 0.4) is 0 Å². The van der Waals surface area contributed by atoms with Crippen molar-refractivity contribution in [1.82, 2.24) is 10.2 Å². The molecule has 1 aliphatic heterocycles. The SMILES string of the molecule is CCCN1C(=O)CNC(=O)C1C1CCCCC1. The summed E-state index contributed by atoms with van der Waals surface area (Å²) in [6.45, 7) is 2.95. The molecule has 4 nitrogen and oxygen atoms in total. The summed E-state index contributed by atoms with van der Waals surface area (Å²) in [4.78, 5) is 25.7. The molecule has 1 saturated carbocycles. The van der Waals surface area contributed by atoms with Crippen LogP contribution in [0.1, 0.15) is 45.4 Å². The first-order chi connectivity index (χ1) is 8.24. The summed E-state index contributed by atoms with van der Waals surface area (Å²) in [6, 6.07) is -0.198. The molecule has 2 rings (SSSR count). The van der Waals surface area contributed by atoms with Crippen molar-refractivity contribution in [3.8, 4) is 0 Å². The van der Waals surface area contributed by atoms with Crippen LogP contribution in [-0.4, -0.2) is 35.8 Å². The van der Waals surface area contributed by atoms with Gasteiger partial charge in [0.1, 0.15) is 6.04 Å². The van der Waals surface area contributed by atoms with Gasteiger partial charge in [0, 0.05) is 6.54 Å². The summed E-state index contributed by atoms with van der Waals surface area (Å²) in [5.74, 6) is 0.520. The summed E-state index contributed by atoms with van der Waals surface area (Å²) >= 11 is 0. The van der Waals surface area contributed by atoms with E-state index >= 15 is 0 Å². The fourth-order valence-corrected chi connectivity index (χ4v) is 3.09. The van der Waals surface area contributed by atoms with E-state index in [0.717, 1.165) is 19.3 Å². The number of hydrogen-bond acceptors (Lipinski definition) is 2. The molecule has 1 atom stereocenters. The molecule has 4 heteroatoms. The molecule has 0 bridgehead atoms. The molecule has 2 amide bonds. The third-order valence-corrected chi connectivity index (χ3v) is 3.90. The van der Waals surface area contributed by atoms with Gasteiger partial charge in [-0.2, -0.15) is 0 Å². The normalized spacial score (nSPS) is 27.1. The first-order valence-corrected chi connectivity index (χ1v) is 6.81. The monoisotopic (exact) mass is 238 g/mol. The lowest BCUT2D eigenvalue weighted by molar-refractivity contribution is -0.148. The second kappa shape index (κ2) is 5.52. The highest BCUT2D eigenvalue weighted by Gasteiger charge is 2.39. The van der Waals surface area contributed by atoms with E-state index in [0.29, 0.717) is 12.5 Å². The molecule has 1 heterocycles. The second-order valence-electron chi connectivity index (χ2n) is 5.15. The average molecular weight is 238 g/mol. The Morgan fingerprint density at radius 2 is 1.94 bits per heavy atom. The number of carbonyl (C=O) groups is 2. The minimum atomic E-state index is -0.198. The van der Waals surface area contributed by atoms with Gasteiger partial charge in [0.15, 0.2) is 0 Å². The number of hydrogen-bond donors (Lipinski definition) is 1. The summed E-state index contributed by atoms with van der Waals surface area (Å²) < 4.78 is 0. The third-order valence-electron chi connectivity index (χ3n) is 3.90. The van der Waals surface area contributed by atoms with Crippen LogP contribution in [0.15, 0.2) is 0 Å².